The molecule has 0 radical (unpaired) electrons. The van der Waals surface area contributed by atoms with Gasteiger partial charge in [-0.3, -0.25) is 4.90 Å². The van der Waals surface area contributed by atoms with E-state index in [1.807, 2.05) is 18.2 Å². The molecule has 0 amide bonds. The summed E-state index contributed by atoms with van der Waals surface area (Å²) in [6.07, 6.45) is 6.26. The third-order valence-corrected chi connectivity index (χ3v) is 8.84. The quantitative estimate of drug-likeness (QED) is 0.811. The van der Waals surface area contributed by atoms with Crippen molar-refractivity contribution in [2.24, 2.45) is 0 Å². The minimum absolute atomic E-state index is 0.0359. The lowest BCUT2D eigenvalue weighted by Crippen LogP contribution is -2.54. The summed E-state index contributed by atoms with van der Waals surface area (Å²) in [7, 11) is -3.02. The van der Waals surface area contributed by atoms with Crippen LogP contribution in [0.25, 0.3) is 0 Å². The highest BCUT2D eigenvalue weighted by Gasteiger charge is 2.43. The Morgan fingerprint density at radius 2 is 1.79 bits per heavy atom. The van der Waals surface area contributed by atoms with Gasteiger partial charge in [0, 0.05) is 37.5 Å². The summed E-state index contributed by atoms with van der Waals surface area (Å²) >= 11 is 0. The van der Waals surface area contributed by atoms with Crippen molar-refractivity contribution in [1.29, 1.82) is 0 Å². The van der Waals surface area contributed by atoms with Crippen LogP contribution in [-0.4, -0.2) is 54.8 Å². The largest absolute Gasteiger partial charge is 0.462 e. The van der Waals surface area contributed by atoms with Gasteiger partial charge in [0.1, 0.15) is 5.75 Å². The van der Waals surface area contributed by atoms with Crippen LogP contribution < -0.4 is 4.74 Å². The Morgan fingerprint density at radius 3 is 2.43 bits per heavy atom. The summed E-state index contributed by atoms with van der Waals surface area (Å²) in [5.74, 6) is 0.381. The topological polar surface area (TPSA) is 76.1 Å². The van der Waals surface area contributed by atoms with E-state index in [1.165, 1.54) is 19.3 Å². The van der Waals surface area contributed by atoms with Crippen LogP contribution in [0.2, 0.25) is 0 Å². The lowest BCUT2D eigenvalue weighted by Gasteiger charge is -2.47. The maximum absolute atomic E-state index is 11.7. The number of likely N-dealkylation sites (tertiary alicyclic amines) is 1. The van der Waals surface area contributed by atoms with Gasteiger partial charge in [0.25, 0.3) is 0 Å². The highest BCUT2D eigenvalue weighted by atomic mass is 32.2. The van der Waals surface area contributed by atoms with Gasteiger partial charge in [-0.2, -0.15) is 0 Å². The molecule has 0 aromatic heterocycles. The van der Waals surface area contributed by atoms with E-state index < -0.39 is 21.2 Å². The van der Waals surface area contributed by atoms with Gasteiger partial charge >= 0.3 is 0 Å². The molecule has 154 valence electrons. The number of nitrogens with zero attached hydrogens (tertiary/aromatic N) is 1. The summed E-state index contributed by atoms with van der Waals surface area (Å²) in [5, 5.41) is 11.0. The smallest absolute Gasteiger partial charge is 0.213 e. The van der Waals surface area contributed by atoms with Gasteiger partial charge in [-0.05, 0) is 43.4 Å². The second-order valence-corrected chi connectivity index (χ2v) is 11.2. The molecular weight excluding hydrogens is 378 g/mol. The van der Waals surface area contributed by atoms with Crippen molar-refractivity contribution in [3.8, 4) is 5.75 Å². The SMILES string of the molecule is O=S1(=O)CCC(O)(c2ccc3c(c2)COC2(CCN(C4CCC4)CC2)O3)CC1. The molecule has 1 N–H and O–H groups in total. The second kappa shape index (κ2) is 6.69. The fourth-order valence-corrected chi connectivity index (χ4v) is 6.41. The Balaban J connectivity index is 1.29. The predicted molar refractivity (Wildman–Crippen MR) is 105 cm³/mol. The molecule has 1 spiro atoms. The van der Waals surface area contributed by atoms with Crippen LogP contribution in [0.1, 0.15) is 56.1 Å². The Labute approximate surface area is 166 Å². The Bertz CT molecular complexity index is 842. The van der Waals surface area contributed by atoms with Crippen molar-refractivity contribution in [2.45, 2.75) is 69.0 Å². The first-order valence-corrected chi connectivity index (χ1v) is 12.3. The van der Waals surface area contributed by atoms with Crippen LogP contribution in [-0.2, 0) is 26.8 Å². The average molecular weight is 408 g/mol. The Morgan fingerprint density at radius 1 is 1.07 bits per heavy atom. The van der Waals surface area contributed by atoms with E-state index in [9.17, 15) is 13.5 Å². The third-order valence-electron chi connectivity index (χ3n) is 7.19. The highest BCUT2D eigenvalue weighted by Crippen LogP contribution is 2.42. The minimum Gasteiger partial charge on any atom is -0.462 e. The number of piperidine rings is 1. The molecule has 2 saturated heterocycles. The fourth-order valence-electron chi connectivity index (χ4n) is 4.91. The first-order valence-electron chi connectivity index (χ1n) is 10.5. The molecule has 3 fully saturated rings. The monoisotopic (exact) mass is 407 g/mol. The van der Waals surface area contributed by atoms with Crippen LogP contribution in [0.5, 0.6) is 5.75 Å². The number of hydrogen-bond acceptors (Lipinski definition) is 6. The highest BCUT2D eigenvalue weighted by molar-refractivity contribution is 7.91. The number of benzene rings is 1. The zero-order valence-electron chi connectivity index (χ0n) is 16.2. The molecule has 5 rings (SSSR count). The molecule has 4 aliphatic rings. The molecule has 1 aromatic carbocycles. The van der Waals surface area contributed by atoms with Crippen molar-refractivity contribution < 1.29 is 23.0 Å². The van der Waals surface area contributed by atoms with E-state index in [-0.39, 0.29) is 24.3 Å². The van der Waals surface area contributed by atoms with Crippen LogP contribution in [0.4, 0.5) is 0 Å². The lowest BCUT2D eigenvalue weighted by molar-refractivity contribution is -0.231. The van der Waals surface area contributed by atoms with Gasteiger partial charge in [-0.15, -0.1) is 0 Å². The maximum Gasteiger partial charge on any atom is 0.213 e. The van der Waals surface area contributed by atoms with Gasteiger partial charge in [0.2, 0.25) is 5.79 Å². The molecule has 0 unspecified atom stereocenters. The predicted octanol–water partition coefficient (Wildman–Crippen LogP) is 2.34. The van der Waals surface area contributed by atoms with E-state index in [2.05, 4.69) is 4.90 Å². The first-order chi connectivity index (χ1) is 13.4. The van der Waals surface area contributed by atoms with Crippen LogP contribution >= 0.6 is 0 Å². The summed E-state index contributed by atoms with van der Waals surface area (Å²) in [4.78, 5) is 2.58. The molecule has 3 heterocycles. The fraction of sp³-hybridized carbons (Fsp3) is 0.714. The van der Waals surface area contributed by atoms with Gasteiger partial charge in [-0.25, -0.2) is 8.42 Å². The van der Waals surface area contributed by atoms with Crippen molar-refractivity contribution in [2.75, 3.05) is 24.6 Å². The van der Waals surface area contributed by atoms with Crippen molar-refractivity contribution >= 4 is 9.84 Å². The molecule has 1 aromatic rings. The van der Waals surface area contributed by atoms with Gasteiger partial charge in [0.15, 0.2) is 9.84 Å². The van der Waals surface area contributed by atoms with Crippen molar-refractivity contribution in [1.82, 2.24) is 4.90 Å². The molecule has 3 aliphatic heterocycles. The number of sulfone groups is 1. The van der Waals surface area contributed by atoms with Gasteiger partial charge in [-0.1, -0.05) is 12.5 Å². The number of hydrogen-bond donors (Lipinski definition) is 1. The number of ether oxygens (including phenoxy) is 2. The summed E-state index contributed by atoms with van der Waals surface area (Å²) in [6, 6.07) is 6.51. The lowest BCUT2D eigenvalue weighted by atomic mass is 9.86. The minimum atomic E-state index is -3.02. The number of fused-ring (bicyclic) bond motifs is 1. The van der Waals surface area contributed by atoms with E-state index >= 15 is 0 Å². The van der Waals surface area contributed by atoms with E-state index in [4.69, 9.17) is 9.47 Å². The number of rotatable bonds is 2. The standard InChI is InChI=1S/C21H29NO5S/c23-20(8-12-28(24,25)13-9-20)17-4-5-19-16(14-17)15-26-21(27-19)6-10-22(11-7-21)18-2-1-3-18/h4-5,14,18,23H,1-3,6-13,15H2. The van der Waals surface area contributed by atoms with Crippen LogP contribution in [0, 0.1) is 0 Å². The zero-order valence-corrected chi connectivity index (χ0v) is 17.0. The second-order valence-electron chi connectivity index (χ2n) is 8.93. The van der Waals surface area contributed by atoms with E-state index in [0.717, 1.165) is 48.8 Å². The third kappa shape index (κ3) is 3.36. The first kappa shape index (κ1) is 18.9. The molecule has 1 aliphatic carbocycles. The number of aliphatic hydroxyl groups is 1. The molecule has 0 atom stereocenters. The maximum atomic E-state index is 11.7. The summed E-state index contributed by atoms with van der Waals surface area (Å²) < 4.78 is 35.9. The van der Waals surface area contributed by atoms with Gasteiger partial charge in [0.05, 0.1) is 23.7 Å². The molecule has 6 nitrogen and oxygen atoms in total. The Hall–Kier alpha value is -1.15. The summed E-state index contributed by atoms with van der Waals surface area (Å²) in [5.41, 5.74) is 0.624. The molecule has 7 heteroatoms. The van der Waals surface area contributed by atoms with Crippen molar-refractivity contribution in [3.63, 3.8) is 0 Å². The normalized spacial score (nSPS) is 28.9. The summed E-state index contributed by atoms with van der Waals surface area (Å²) in [6.45, 7) is 2.51. The average Bonchev–Trinajstić information content (AvgIpc) is 2.65. The van der Waals surface area contributed by atoms with E-state index in [1.54, 1.807) is 0 Å². The van der Waals surface area contributed by atoms with Crippen LogP contribution in [0.15, 0.2) is 18.2 Å². The molecule has 28 heavy (non-hydrogen) atoms. The molecule has 0 bridgehead atoms. The van der Waals surface area contributed by atoms with Crippen LogP contribution in [0.3, 0.4) is 0 Å². The molecule has 1 saturated carbocycles. The van der Waals surface area contributed by atoms with Gasteiger partial charge < -0.3 is 14.6 Å². The van der Waals surface area contributed by atoms with Crippen molar-refractivity contribution in [3.05, 3.63) is 29.3 Å². The zero-order chi connectivity index (χ0) is 19.4. The van der Waals surface area contributed by atoms with E-state index in [0.29, 0.717) is 6.61 Å². The Kier molecular flexibility index (Phi) is 4.50. The molecular formula is C21H29NO5S.